The molecule has 0 aromatic heterocycles. The van der Waals surface area contributed by atoms with E-state index in [-0.39, 0.29) is 38.5 Å². The van der Waals surface area contributed by atoms with Crippen molar-refractivity contribution in [3.63, 3.8) is 0 Å². The Balaban J connectivity index is 0. The zero-order valence-electron chi connectivity index (χ0n) is 4.61. The molecule has 0 aliphatic heterocycles. The Hall–Kier alpha value is 0.774. The van der Waals surface area contributed by atoms with Gasteiger partial charge in [0.15, 0.2) is 0 Å². The summed E-state index contributed by atoms with van der Waals surface area (Å²) in [6.45, 7) is 5.08. The van der Waals surface area contributed by atoms with Gasteiger partial charge in [-0.3, -0.25) is 0 Å². The van der Waals surface area contributed by atoms with E-state index < -0.39 is 0 Å². The van der Waals surface area contributed by atoms with E-state index in [1.54, 1.807) is 6.92 Å². The number of hydrogen-bond donors (Lipinski definition) is 0. The van der Waals surface area contributed by atoms with Crippen molar-refractivity contribution in [3.05, 3.63) is 6.92 Å². The van der Waals surface area contributed by atoms with Gasteiger partial charge in [0.1, 0.15) is 5.78 Å². The van der Waals surface area contributed by atoms with E-state index in [9.17, 15) is 4.79 Å². The second-order valence-corrected chi connectivity index (χ2v) is 1.31. The Labute approximate surface area is 69.7 Å². The molecule has 2 heteroatoms. The predicted molar refractivity (Wildman–Crippen MR) is 25.3 cm³/mol. The van der Waals surface area contributed by atoms with E-state index in [4.69, 9.17) is 0 Å². The summed E-state index contributed by atoms with van der Waals surface area (Å²) in [6.07, 6.45) is 1.36. The Morgan fingerprint density at radius 2 is 2.14 bits per heavy atom. The van der Waals surface area contributed by atoms with Crippen LogP contribution >= 0.6 is 0 Å². The average Bonchev–Trinajstić information content (AvgIpc) is 1.35. The van der Waals surface area contributed by atoms with Crippen molar-refractivity contribution in [1.29, 1.82) is 0 Å². The first-order chi connectivity index (χ1) is 2.77. The maximum Gasteiger partial charge on any atom is 0.127 e. The van der Waals surface area contributed by atoms with Crippen LogP contribution < -0.4 is 0 Å². The minimum absolute atomic E-state index is 0. The summed E-state index contributed by atoms with van der Waals surface area (Å²) in [5.74, 6) is 0.227. The minimum Gasteiger partial charge on any atom is -0.343 e. The van der Waals surface area contributed by atoms with Crippen LogP contribution in [0.25, 0.3) is 0 Å². The second kappa shape index (κ2) is 6.77. The zero-order chi connectivity index (χ0) is 4.99. The third kappa shape index (κ3) is 10.8. The molecule has 0 heterocycles. The molecule has 0 atom stereocenters. The molecule has 0 aliphatic carbocycles. The quantitative estimate of drug-likeness (QED) is 0.574. The van der Waals surface area contributed by atoms with Crippen LogP contribution in [0.15, 0.2) is 0 Å². The van der Waals surface area contributed by atoms with Crippen molar-refractivity contribution in [2.75, 3.05) is 0 Å². The number of rotatable bonds is 2. The normalized spacial score (nSPS) is 7.14. The smallest absolute Gasteiger partial charge is 0.127 e. The Morgan fingerprint density at radius 3 is 2.14 bits per heavy atom. The summed E-state index contributed by atoms with van der Waals surface area (Å²) in [7, 11) is 0. The first-order valence-electron chi connectivity index (χ1n) is 2.06. The van der Waals surface area contributed by atoms with Crippen molar-refractivity contribution in [2.45, 2.75) is 19.8 Å². The third-order valence-electron chi connectivity index (χ3n) is 0.529. The largest absolute Gasteiger partial charge is 0.343 e. The first-order valence-corrected chi connectivity index (χ1v) is 2.06. The molecule has 1 radical (unpaired) electrons. The standard InChI is InChI=1S/C5H9O.Y/c1-3-4-5(2)6;/h1,3-4H2,2H3;/q-1;. The van der Waals surface area contributed by atoms with Crippen molar-refractivity contribution in [1.82, 2.24) is 0 Å². The Morgan fingerprint density at radius 1 is 1.71 bits per heavy atom. The van der Waals surface area contributed by atoms with Crippen LogP contribution in [-0.4, -0.2) is 5.78 Å². The van der Waals surface area contributed by atoms with E-state index in [0.717, 1.165) is 6.42 Å². The fourth-order valence-electron chi connectivity index (χ4n) is 0.249. The van der Waals surface area contributed by atoms with Crippen LogP contribution in [-0.2, 0) is 37.5 Å². The van der Waals surface area contributed by atoms with Crippen LogP contribution in [0.2, 0.25) is 0 Å². The van der Waals surface area contributed by atoms with E-state index >= 15 is 0 Å². The summed E-state index contributed by atoms with van der Waals surface area (Å²) >= 11 is 0. The Bertz CT molecular complexity index is 52.0. The zero-order valence-corrected chi connectivity index (χ0v) is 7.45. The number of Topliss-reactive ketones (excluding diaryl/α,β-unsaturated/α-hetero) is 1. The van der Waals surface area contributed by atoms with Gasteiger partial charge in [0, 0.05) is 32.7 Å². The molecule has 1 nitrogen and oxygen atoms in total. The van der Waals surface area contributed by atoms with Crippen molar-refractivity contribution >= 4 is 5.78 Å². The molecule has 0 bridgehead atoms. The second-order valence-electron chi connectivity index (χ2n) is 1.31. The SMILES string of the molecule is [CH2-]CCC(C)=O.[Y]. The summed E-state index contributed by atoms with van der Waals surface area (Å²) in [4.78, 5) is 10.0. The van der Waals surface area contributed by atoms with Crippen LogP contribution in [0, 0.1) is 6.92 Å². The van der Waals surface area contributed by atoms with Gasteiger partial charge in [-0.2, -0.15) is 6.42 Å². The molecule has 0 rings (SSSR count). The van der Waals surface area contributed by atoms with Gasteiger partial charge in [0.05, 0.1) is 0 Å². The average molecular weight is 174 g/mol. The molecule has 0 amide bonds. The number of carbonyl (C=O) groups is 1. The molecule has 0 aromatic carbocycles. The van der Waals surface area contributed by atoms with Crippen LogP contribution in [0.4, 0.5) is 0 Å². The number of carbonyl (C=O) groups excluding carboxylic acids is 1. The van der Waals surface area contributed by atoms with Gasteiger partial charge in [-0.15, -0.1) is 0 Å². The maximum atomic E-state index is 10.0. The number of hydrogen-bond acceptors (Lipinski definition) is 1. The van der Waals surface area contributed by atoms with Gasteiger partial charge in [-0.25, -0.2) is 0 Å². The van der Waals surface area contributed by atoms with Gasteiger partial charge < -0.3 is 11.7 Å². The molecule has 0 spiro atoms. The van der Waals surface area contributed by atoms with Gasteiger partial charge in [-0.1, -0.05) is 0 Å². The fraction of sp³-hybridized carbons (Fsp3) is 0.600. The van der Waals surface area contributed by atoms with Gasteiger partial charge >= 0.3 is 0 Å². The Kier molecular flexibility index (Phi) is 10.4. The fourth-order valence-corrected chi connectivity index (χ4v) is 0.249. The molecular formula is C5H9OY-. The van der Waals surface area contributed by atoms with Crippen LogP contribution in [0.1, 0.15) is 19.8 Å². The van der Waals surface area contributed by atoms with Crippen molar-refractivity contribution in [2.24, 2.45) is 0 Å². The summed E-state index contributed by atoms with van der Waals surface area (Å²) in [5, 5.41) is 0. The molecule has 0 saturated heterocycles. The van der Waals surface area contributed by atoms with Crippen LogP contribution in [0.5, 0.6) is 0 Å². The van der Waals surface area contributed by atoms with Gasteiger partial charge in [0.2, 0.25) is 0 Å². The number of ketones is 1. The molecule has 39 valence electrons. The molecular weight excluding hydrogens is 165 g/mol. The molecule has 7 heavy (non-hydrogen) atoms. The molecule has 0 aliphatic rings. The van der Waals surface area contributed by atoms with Crippen LogP contribution in [0.3, 0.4) is 0 Å². The summed E-state index contributed by atoms with van der Waals surface area (Å²) in [5.41, 5.74) is 0. The summed E-state index contributed by atoms with van der Waals surface area (Å²) < 4.78 is 0. The van der Waals surface area contributed by atoms with Crippen molar-refractivity contribution < 1.29 is 37.5 Å². The molecule has 0 fully saturated rings. The molecule has 0 aromatic rings. The van der Waals surface area contributed by atoms with Gasteiger partial charge in [-0.05, 0) is 13.3 Å². The first kappa shape index (κ1) is 10.7. The molecule has 0 saturated carbocycles. The van der Waals surface area contributed by atoms with E-state index in [0.29, 0.717) is 6.42 Å². The van der Waals surface area contributed by atoms with Gasteiger partial charge in [0.25, 0.3) is 0 Å². The van der Waals surface area contributed by atoms with E-state index in [2.05, 4.69) is 6.92 Å². The van der Waals surface area contributed by atoms with Crippen molar-refractivity contribution in [3.8, 4) is 0 Å². The van der Waals surface area contributed by atoms with E-state index in [1.807, 2.05) is 0 Å². The predicted octanol–water partition coefficient (Wildman–Crippen LogP) is 1.19. The topological polar surface area (TPSA) is 17.1 Å². The monoisotopic (exact) mass is 174 g/mol. The summed E-state index contributed by atoms with van der Waals surface area (Å²) in [6, 6.07) is 0. The third-order valence-corrected chi connectivity index (χ3v) is 0.529. The maximum absolute atomic E-state index is 10.0. The van der Waals surface area contributed by atoms with E-state index in [1.165, 1.54) is 0 Å². The molecule has 0 N–H and O–H groups in total. The molecule has 0 unspecified atom stereocenters. The minimum atomic E-state index is 0.